The van der Waals surface area contributed by atoms with E-state index in [9.17, 15) is 0 Å². The number of hydrogen-bond acceptors (Lipinski definition) is 1. The molecule has 0 bridgehead atoms. The molecule has 1 nitrogen and oxygen atoms in total. The van der Waals surface area contributed by atoms with E-state index in [1.54, 1.807) is 0 Å². The molecule has 0 spiro atoms. The van der Waals surface area contributed by atoms with Gasteiger partial charge in [-0.3, -0.25) is 0 Å². The van der Waals surface area contributed by atoms with Gasteiger partial charge in [0.2, 0.25) is 0 Å². The molecule has 0 aliphatic rings. The molecule has 4 rings (SSSR count). The zero-order valence-corrected chi connectivity index (χ0v) is 18.4. The highest BCUT2D eigenvalue weighted by atomic mass is 79.9. The van der Waals surface area contributed by atoms with Gasteiger partial charge >= 0.3 is 0 Å². The summed E-state index contributed by atoms with van der Waals surface area (Å²) in [6, 6.07) is 42.1. The lowest BCUT2D eigenvalue weighted by Gasteiger charge is -2.37. The van der Waals surface area contributed by atoms with Gasteiger partial charge in [-0.1, -0.05) is 137 Å². The lowest BCUT2D eigenvalue weighted by molar-refractivity contribution is -0.0367. The third-order valence-corrected chi connectivity index (χ3v) is 6.29. The van der Waals surface area contributed by atoms with E-state index in [0.29, 0.717) is 6.61 Å². The van der Waals surface area contributed by atoms with Crippen LogP contribution in [0.5, 0.6) is 0 Å². The van der Waals surface area contributed by atoms with E-state index < -0.39 is 5.60 Å². The predicted octanol–water partition coefficient (Wildman–Crippen LogP) is 7.67. The van der Waals surface area contributed by atoms with Crippen LogP contribution in [0.3, 0.4) is 0 Å². The van der Waals surface area contributed by atoms with E-state index in [2.05, 4.69) is 131 Å². The first-order chi connectivity index (χ1) is 14.8. The normalized spacial score (nSPS) is 12.4. The predicted molar refractivity (Wildman–Crippen MR) is 128 cm³/mol. The summed E-state index contributed by atoms with van der Waals surface area (Å²) in [5, 5.41) is 0. The zero-order valence-electron chi connectivity index (χ0n) is 16.8. The molecule has 0 aliphatic heterocycles. The Morgan fingerprint density at radius 2 is 1.03 bits per heavy atom. The van der Waals surface area contributed by atoms with Gasteiger partial charge in [0.1, 0.15) is 5.60 Å². The van der Waals surface area contributed by atoms with Gasteiger partial charge < -0.3 is 4.74 Å². The number of benzene rings is 4. The molecular weight excluding hydrogens is 432 g/mol. The molecule has 4 aromatic rings. The molecule has 0 amide bonds. The van der Waals surface area contributed by atoms with Crippen LogP contribution in [-0.2, 0) is 16.9 Å². The Morgan fingerprint density at radius 3 is 1.53 bits per heavy atom. The van der Waals surface area contributed by atoms with Crippen molar-refractivity contribution in [1.82, 2.24) is 0 Å². The maximum Gasteiger partial charge on any atom is 0.120 e. The van der Waals surface area contributed by atoms with E-state index in [1.165, 1.54) is 11.1 Å². The molecule has 0 heterocycles. The summed E-state index contributed by atoms with van der Waals surface area (Å²) in [4.78, 5) is 0.148. The summed E-state index contributed by atoms with van der Waals surface area (Å²) in [5.74, 6) is 0. The van der Waals surface area contributed by atoms with Gasteiger partial charge in [-0.2, -0.15) is 0 Å². The standard InChI is InChI=1S/C28H25BrO/c29-27(24-15-7-2-8-16-24)21-28(25-17-9-3-10-18-25,26-19-11-4-12-20-26)30-22-23-13-5-1-6-14-23/h1-20,27H,21-22H2. The molecular formula is C28H25BrO. The Bertz CT molecular complexity index is 978. The fraction of sp³-hybridized carbons (Fsp3) is 0.143. The molecule has 0 N–H and O–H groups in total. The van der Waals surface area contributed by atoms with Gasteiger partial charge in [0.25, 0.3) is 0 Å². The second kappa shape index (κ2) is 9.88. The van der Waals surface area contributed by atoms with Crippen LogP contribution >= 0.6 is 15.9 Å². The highest BCUT2D eigenvalue weighted by molar-refractivity contribution is 9.09. The van der Waals surface area contributed by atoms with Gasteiger partial charge in [-0.15, -0.1) is 0 Å². The minimum Gasteiger partial charge on any atom is -0.361 e. The average molecular weight is 457 g/mol. The third-order valence-electron chi connectivity index (χ3n) is 5.44. The molecule has 2 heteroatoms. The number of halogens is 1. The molecule has 30 heavy (non-hydrogen) atoms. The smallest absolute Gasteiger partial charge is 0.120 e. The molecule has 0 saturated carbocycles. The molecule has 150 valence electrons. The first-order valence-electron chi connectivity index (χ1n) is 10.3. The fourth-order valence-corrected chi connectivity index (χ4v) is 4.62. The highest BCUT2D eigenvalue weighted by Crippen LogP contribution is 2.44. The summed E-state index contributed by atoms with van der Waals surface area (Å²) in [5.41, 5.74) is 4.15. The van der Waals surface area contributed by atoms with Crippen molar-refractivity contribution in [1.29, 1.82) is 0 Å². The van der Waals surface area contributed by atoms with E-state index in [1.807, 2.05) is 6.07 Å². The van der Waals surface area contributed by atoms with Crippen molar-refractivity contribution in [2.75, 3.05) is 0 Å². The Labute approximate surface area is 187 Å². The van der Waals surface area contributed by atoms with Crippen molar-refractivity contribution in [2.24, 2.45) is 0 Å². The summed E-state index contributed by atoms with van der Waals surface area (Å²) in [6.07, 6.45) is 0.776. The summed E-state index contributed by atoms with van der Waals surface area (Å²) in [6.45, 7) is 0.541. The Balaban J connectivity index is 1.78. The van der Waals surface area contributed by atoms with Crippen molar-refractivity contribution < 1.29 is 4.74 Å². The fourth-order valence-electron chi connectivity index (χ4n) is 3.86. The minimum atomic E-state index is -0.581. The third kappa shape index (κ3) is 4.72. The maximum atomic E-state index is 6.85. The van der Waals surface area contributed by atoms with Crippen LogP contribution in [0.25, 0.3) is 0 Å². The molecule has 1 atom stereocenters. The first-order valence-corrected chi connectivity index (χ1v) is 11.2. The number of alkyl halides is 1. The summed E-state index contributed by atoms with van der Waals surface area (Å²) < 4.78 is 6.85. The van der Waals surface area contributed by atoms with Crippen molar-refractivity contribution in [3.05, 3.63) is 144 Å². The average Bonchev–Trinajstić information content (AvgIpc) is 2.84. The highest BCUT2D eigenvalue weighted by Gasteiger charge is 2.37. The largest absolute Gasteiger partial charge is 0.361 e. The SMILES string of the molecule is BrC(CC(OCc1ccccc1)(c1ccccc1)c1ccccc1)c1ccccc1. The lowest BCUT2D eigenvalue weighted by Crippen LogP contribution is -2.32. The molecule has 0 aliphatic carbocycles. The van der Waals surface area contributed by atoms with Crippen LogP contribution in [-0.4, -0.2) is 0 Å². The van der Waals surface area contributed by atoms with E-state index >= 15 is 0 Å². The molecule has 4 aromatic carbocycles. The van der Waals surface area contributed by atoms with Gasteiger partial charge in [0.15, 0.2) is 0 Å². The molecule has 0 radical (unpaired) electrons. The van der Waals surface area contributed by atoms with Crippen molar-refractivity contribution in [2.45, 2.75) is 23.5 Å². The van der Waals surface area contributed by atoms with Crippen LogP contribution in [0.1, 0.15) is 33.5 Å². The molecule has 0 aromatic heterocycles. The molecule has 1 unspecified atom stereocenters. The van der Waals surface area contributed by atoms with Crippen molar-refractivity contribution in [3.63, 3.8) is 0 Å². The quantitative estimate of drug-likeness (QED) is 0.247. The zero-order chi connectivity index (χ0) is 20.7. The molecule has 0 saturated heterocycles. The van der Waals surface area contributed by atoms with Crippen LogP contribution in [0, 0.1) is 0 Å². The number of hydrogen-bond donors (Lipinski definition) is 0. The van der Waals surface area contributed by atoms with Crippen LogP contribution < -0.4 is 0 Å². The first kappa shape index (κ1) is 20.6. The van der Waals surface area contributed by atoms with Gasteiger partial charge in [-0.25, -0.2) is 0 Å². The van der Waals surface area contributed by atoms with Crippen molar-refractivity contribution in [3.8, 4) is 0 Å². The maximum absolute atomic E-state index is 6.85. The van der Waals surface area contributed by atoms with Crippen molar-refractivity contribution >= 4 is 15.9 Å². The summed E-state index contributed by atoms with van der Waals surface area (Å²) in [7, 11) is 0. The van der Waals surface area contributed by atoms with Crippen LogP contribution in [0.15, 0.2) is 121 Å². The van der Waals surface area contributed by atoms with E-state index in [-0.39, 0.29) is 4.83 Å². The lowest BCUT2D eigenvalue weighted by atomic mass is 9.81. The topological polar surface area (TPSA) is 9.23 Å². The molecule has 0 fully saturated rings. The van der Waals surface area contributed by atoms with E-state index in [0.717, 1.165) is 17.5 Å². The van der Waals surface area contributed by atoms with Crippen LogP contribution in [0.4, 0.5) is 0 Å². The van der Waals surface area contributed by atoms with Gasteiger partial charge in [0, 0.05) is 11.2 Å². The summed E-state index contributed by atoms with van der Waals surface area (Å²) >= 11 is 3.96. The Kier molecular flexibility index (Phi) is 6.78. The van der Waals surface area contributed by atoms with Crippen LogP contribution in [0.2, 0.25) is 0 Å². The Hall–Kier alpha value is -2.68. The number of rotatable bonds is 8. The second-order valence-electron chi connectivity index (χ2n) is 7.42. The minimum absolute atomic E-state index is 0.148. The van der Waals surface area contributed by atoms with Gasteiger partial charge in [0.05, 0.1) is 6.61 Å². The second-order valence-corrected chi connectivity index (χ2v) is 8.52. The monoisotopic (exact) mass is 456 g/mol. The van der Waals surface area contributed by atoms with E-state index in [4.69, 9.17) is 4.74 Å². The van der Waals surface area contributed by atoms with Gasteiger partial charge in [-0.05, 0) is 22.3 Å². The Morgan fingerprint density at radius 1 is 0.600 bits per heavy atom. The number of ether oxygens (including phenoxy) is 1.